The number of aromatic nitrogens is 1. The minimum atomic E-state index is -1.28. The first-order valence-corrected chi connectivity index (χ1v) is 5.03. The van der Waals surface area contributed by atoms with Crippen LogP contribution in [-0.2, 0) is 15.1 Å². The van der Waals surface area contributed by atoms with Crippen molar-refractivity contribution in [3.63, 3.8) is 0 Å². The molecule has 1 aliphatic heterocycles. The van der Waals surface area contributed by atoms with Gasteiger partial charge in [0.05, 0.1) is 0 Å². The summed E-state index contributed by atoms with van der Waals surface area (Å²) in [5.74, 6) is -1.54. The minimum absolute atomic E-state index is 0.0117. The van der Waals surface area contributed by atoms with Crippen LogP contribution in [0.4, 0.5) is 4.79 Å². The van der Waals surface area contributed by atoms with E-state index in [1.807, 2.05) is 0 Å². The molecule has 1 atom stereocenters. The van der Waals surface area contributed by atoms with Crippen LogP contribution in [0.15, 0.2) is 18.5 Å². The summed E-state index contributed by atoms with van der Waals surface area (Å²) in [6.07, 6.45) is 2.97. The standard InChI is InChI=1S/C10H11N3O4/c14-7(15)1-3-10(6-2-4-11-5-6)8(16)12-9(17)13-10/h2,4-5,11H,1,3H2,(H,14,15)(H2,12,13,16,17). The molecule has 1 unspecified atom stereocenters. The second-order valence-corrected chi connectivity index (χ2v) is 3.81. The number of hydrogen-bond donors (Lipinski definition) is 4. The molecular formula is C10H11N3O4. The SMILES string of the molecule is O=C(O)CCC1(c2cc[nH]c2)NC(=O)NC1=O. The van der Waals surface area contributed by atoms with Gasteiger partial charge in [0.15, 0.2) is 0 Å². The maximum absolute atomic E-state index is 11.8. The molecule has 7 heteroatoms. The molecule has 1 aromatic rings. The Morgan fingerprint density at radius 3 is 2.65 bits per heavy atom. The van der Waals surface area contributed by atoms with E-state index in [4.69, 9.17) is 5.11 Å². The molecule has 0 bridgehead atoms. The number of rotatable bonds is 4. The number of amides is 3. The molecule has 0 radical (unpaired) electrons. The van der Waals surface area contributed by atoms with Gasteiger partial charge < -0.3 is 15.4 Å². The van der Waals surface area contributed by atoms with Crippen LogP contribution in [0, 0.1) is 0 Å². The number of carboxylic acid groups (broad SMARTS) is 1. The highest BCUT2D eigenvalue weighted by Crippen LogP contribution is 2.29. The normalized spacial score (nSPS) is 23.3. The highest BCUT2D eigenvalue weighted by molar-refractivity contribution is 6.07. The van der Waals surface area contributed by atoms with Crippen LogP contribution in [0.2, 0.25) is 0 Å². The van der Waals surface area contributed by atoms with Gasteiger partial charge in [-0.2, -0.15) is 0 Å². The molecule has 0 aliphatic carbocycles. The van der Waals surface area contributed by atoms with Crippen LogP contribution in [0.1, 0.15) is 18.4 Å². The molecule has 1 aromatic heterocycles. The maximum Gasteiger partial charge on any atom is 0.322 e. The zero-order valence-electron chi connectivity index (χ0n) is 8.82. The van der Waals surface area contributed by atoms with Gasteiger partial charge in [0.25, 0.3) is 5.91 Å². The number of aromatic amines is 1. The van der Waals surface area contributed by atoms with Crippen molar-refractivity contribution in [1.82, 2.24) is 15.6 Å². The monoisotopic (exact) mass is 237 g/mol. The molecular weight excluding hydrogens is 226 g/mol. The first-order valence-electron chi connectivity index (χ1n) is 5.03. The summed E-state index contributed by atoms with van der Waals surface area (Å²) in [7, 11) is 0. The van der Waals surface area contributed by atoms with Gasteiger partial charge in [0.1, 0.15) is 5.54 Å². The van der Waals surface area contributed by atoms with Gasteiger partial charge in [-0.05, 0) is 12.5 Å². The Labute approximate surface area is 96.2 Å². The summed E-state index contributed by atoms with van der Waals surface area (Å²) < 4.78 is 0. The Bertz CT molecular complexity index is 468. The van der Waals surface area contributed by atoms with Crippen molar-refractivity contribution in [2.45, 2.75) is 18.4 Å². The third-order valence-electron chi connectivity index (χ3n) is 2.75. The lowest BCUT2D eigenvalue weighted by molar-refractivity contribution is -0.137. The van der Waals surface area contributed by atoms with Crippen molar-refractivity contribution < 1.29 is 19.5 Å². The summed E-state index contributed by atoms with van der Waals surface area (Å²) in [6, 6.07) is 1.02. The number of imide groups is 1. The fourth-order valence-electron chi connectivity index (χ4n) is 1.90. The molecule has 90 valence electrons. The molecule has 0 saturated carbocycles. The van der Waals surface area contributed by atoms with Crippen LogP contribution < -0.4 is 10.6 Å². The van der Waals surface area contributed by atoms with E-state index in [-0.39, 0.29) is 12.8 Å². The predicted octanol–water partition coefficient (Wildman–Crippen LogP) is -0.0858. The number of carbonyl (C=O) groups is 3. The van der Waals surface area contributed by atoms with Gasteiger partial charge in [-0.15, -0.1) is 0 Å². The zero-order chi connectivity index (χ0) is 12.5. The van der Waals surface area contributed by atoms with Crippen LogP contribution >= 0.6 is 0 Å². The second-order valence-electron chi connectivity index (χ2n) is 3.81. The average molecular weight is 237 g/mol. The molecule has 3 amide bonds. The Kier molecular flexibility index (Phi) is 2.58. The summed E-state index contributed by atoms with van der Waals surface area (Å²) >= 11 is 0. The number of carbonyl (C=O) groups excluding carboxylic acids is 2. The Morgan fingerprint density at radius 1 is 1.41 bits per heavy atom. The fraction of sp³-hybridized carbons (Fsp3) is 0.300. The van der Waals surface area contributed by atoms with Crippen LogP contribution in [-0.4, -0.2) is 28.0 Å². The Balaban J connectivity index is 2.33. The van der Waals surface area contributed by atoms with E-state index in [1.54, 1.807) is 18.5 Å². The van der Waals surface area contributed by atoms with Gasteiger partial charge in [-0.3, -0.25) is 14.9 Å². The van der Waals surface area contributed by atoms with Crippen LogP contribution in [0.3, 0.4) is 0 Å². The third kappa shape index (κ3) is 1.86. The molecule has 2 rings (SSSR count). The van der Waals surface area contributed by atoms with E-state index in [1.165, 1.54) is 0 Å². The number of hydrogen-bond acceptors (Lipinski definition) is 3. The molecule has 1 fully saturated rings. The van der Waals surface area contributed by atoms with E-state index >= 15 is 0 Å². The Morgan fingerprint density at radius 2 is 2.18 bits per heavy atom. The van der Waals surface area contributed by atoms with Crippen LogP contribution in [0.25, 0.3) is 0 Å². The van der Waals surface area contributed by atoms with Gasteiger partial charge in [-0.1, -0.05) is 0 Å². The van der Waals surface area contributed by atoms with E-state index in [2.05, 4.69) is 15.6 Å². The smallest absolute Gasteiger partial charge is 0.322 e. The molecule has 1 aliphatic rings. The molecule has 17 heavy (non-hydrogen) atoms. The van der Waals surface area contributed by atoms with Crippen molar-refractivity contribution >= 4 is 17.9 Å². The first kappa shape index (κ1) is 11.2. The molecule has 4 N–H and O–H groups in total. The van der Waals surface area contributed by atoms with Crippen LogP contribution in [0.5, 0.6) is 0 Å². The van der Waals surface area contributed by atoms with E-state index in [0.29, 0.717) is 5.56 Å². The molecule has 1 saturated heterocycles. The van der Waals surface area contributed by atoms with Gasteiger partial charge in [-0.25, -0.2) is 4.79 Å². The second kappa shape index (κ2) is 3.93. The minimum Gasteiger partial charge on any atom is -0.481 e. The molecule has 2 heterocycles. The Hall–Kier alpha value is -2.31. The van der Waals surface area contributed by atoms with Crippen molar-refractivity contribution in [2.75, 3.05) is 0 Å². The average Bonchev–Trinajstić information content (AvgIpc) is 2.84. The molecule has 0 aromatic carbocycles. The number of aliphatic carboxylic acids is 1. The van der Waals surface area contributed by atoms with Gasteiger partial charge >= 0.3 is 12.0 Å². The van der Waals surface area contributed by atoms with Crippen molar-refractivity contribution in [3.8, 4) is 0 Å². The number of H-pyrrole nitrogens is 1. The lowest BCUT2D eigenvalue weighted by atomic mass is 9.87. The number of nitrogens with one attached hydrogen (secondary N) is 3. The largest absolute Gasteiger partial charge is 0.481 e. The van der Waals surface area contributed by atoms with Crippen molar-refractivity contribution in [3.05, 3.63) is 24.0 Å². The van der Waals surface area contributed by atoms with Crippen molar-refractivity contribution in [2.24, 2.45) is 0 Å². The van der Waals surface area contributed by atoms with E-state index in [0.717, 1.165) is 0 Å². The summed E-state index contributed by atoms with van der Waals surface area (Å²) in [4.78, 5) is 36.4. The maximum atomic E-state index is 11.8. The quantitative estimate of drug-likeness (QED) is 0.548. The number of urea groups is 1. The lowest BCUT2D eigenvalue weighted by Crippen LogP contribution is -2.43. The predicted molar refractivity (Wildman–Crippen MR) is 56.0 cm³/mol. The summed E-state index contributed by atoms with van der Waals surface area (Å²) in [6.45, 7) is 0. The third-order valence-corrected chi connectivity index (χ3v) is 2.75. The van der Waals surface area contributed by atoms with E-state index in [9.17, 15) is 14.4 Å². The number of carboxylic acids is 1. The topological polar surface area (TPSA) is 111 Å². The zero-order valence-corrected chi connectivity index (χ0v) is 8.82. The highest BCUT2D eigenvalue weighted by Gasteiger charge is 2.47. The summed E-state index contributed by atoms with van der Waals surface area (Å²) in [5.41, 5.74) is -0.739. The molecule has 0 spiro atoms. The highest BCUT2D eigenvalue weighted by atomic mass is 16.4. The molecule has 7 nitrogen and oxygen atoms in total. The van der Waals surface area contributed by atoms with Crippen molar-refractivity contribution in [1.29, 1.82) is 0 Å². The fourth-order valence-corrected chi connectivity index (χ4v) is 1.90. The van der Waals surface area contributed by atoms with Gasteiger partial charge in [0, 0.05) is 24.4 Å². The summed E-state index contributed by atoms with van der Waals surface area (Å²) in [5, 5.41) is 13.3. The first-order chi connectivity index (χ1) is 8.04. The lowest BCUT2D eigenvalue weighted by Gasteiger charge is -2.24. The van der Waals surface area contributed by atoms with E-state index < -0.39 is 23.4 Å². The van der Waals surface area contributed by atoms with Gasteiger partial charge in [0.2, 0.25) is 0 Å².